The number of carbonyl (C=O) groups is 2. The first-order valence-corrected chi connectivity index (χ1v) is 18.0. The number of aliphatic carboxylic acids is 2. The van der Waals surface area contributed by atoms with E-state index in [0.717, 1.165) is 25.7 Å². The van der Waals surface area contributed by atoms with Crippen LogP contribution < -0.4 is 0 Å². The van der Waals surface area contributed by atoms with E-state index in [2.05, 4.69) is 13.8 Å². The van der Waals surface area contributed by atoms with E-state index in [9.17, 15) is 9.59 Å². The molecule has 2 N–H and O–H groups in total. The van der Waals surface area contributed by atoms with Crippen molar-refractivity contribution in [1.29, 1.82) is 0 Å². The molecule has 0 heterocycles. The molecule has 240 valence electrons. The molecule has 0 aromatic heterocycles. The molecule has 0 radical (unpaired) electrons. The summed E-state index contributed by atoms with van der Waals surface area (Å²) in [6.45, 7) is 4.54. The number of hydrogen-bond donors (Lipinski definition) is 2. The summed E-state index contributed by atoms with van der Waals surface area (Å²) in [6.07, 6.45) is 40.4. The van der Waals surface area contributed by atoms with Gasteiger partial charge in [0.05, 0.1) is 0 Å². The van der Waals surface area contributed by atoms with Crippen LogP contribution in [-0.4, -0.2) is 59.9 Å². The molecule has 6 heteroatoms. The van der Waals surface area contributed by atoms with Gasteiger partial charge >= 0.3 is 69.2 Å². The predicted octanol–water partition coefficient (Wildman–Crippen LogP) is 12.3. The summed E-state index contributed by atoms with van der Waals surface area (Å²) in [5.41, 5.74) is 0. The number of unbranched alkanes of at least 4 members (excludes halogenated alkanes) is 28. The number of carboxylic acids is 2. The van der Waals surface area contributed by atoms with Crippen LogP contribution >= 0.6 is 0 Å². The Bertz CT molecular complexity index is 461. The average molecular weight is 674 g/mol. The van der Waals surface area contributed by atoms with Crippen LogP contribution in [0, 0.1) is 0 Å². The average Bonchev–Trinajstić information content (AvgIpc) is 2.93. The van der Waals surface area contributed by atoms with Crippen LogP contribution in [0.25, 0.3) is 0 Å². The third kappa shape index (κ3) is 53.4. The summed E-state index contributed by atoms with van der Waals surface area (Å²) in [5, 5.41) is 17.0. The Balaban J connectivity index is -0.000000328. The van der Waals surface area contributed by atoms with Crippen molar-refractivity contribution in [1.82, 2.24) is 0 Å². The first-order chi connectivity index (χ1) is 19.5. The largest absolute Gasteiger partial charge is 2.00 e. The molecule has 42 heavy (non-hydrogen) atoms. The molecule has 0 aromatic rings. The van der Waals surface area contributed by atoms with E-state index in [1.807, 2.05) is 0 Å². The Hall–Kier alpha value is 0.823. The maximum atomic E-state index is 10.3. The third-order valence-corrected chi connectivity index (χ3v) is 7.99. The van der Waals surface area contributed by atoms with Gasteiger partial charge in [-0.1, -0.05) is 194 Å². The van der Waals surface area contributed by atoms with E-state index in [4.69, 9.17) is 10.2 Å². The quantitative estimate of drug-likeness (QED) is 0.0550. The third-order valence-electron chi connectivity index (χ3n) is 7.99. The van der Waals surface area contributed by atoms with Gasteiger partial charge in [-0.3, -0.25) is 9.59 Å². The molecular formula is C36H72CaO4Zn+4. The van der Waals surface area contributed by atoms with E-state index >= 15 is 0 Å². The van der Waals surface area contributed by atoms with Crippen molar-refractivity contribution in [2.75, 3.05) is 0 Å². The van der Waals surface area contributed by atoms with Crippen molar-refractivity contribution in [3.05, 3.63) is 0 Å². The predicted molar refractivity (Wildman–Crippen MR) is 180 cm³/mol. The first-order valence-electron chi connectivity index (χ1n) is 18.0. The Morgan fingerprint density at radius 2 is 0.476 bits per heavy atom. The van der Waals surface area contributed by atoms with Crippen LogP contribution in [0.4, 0.5) is 0 Å². The molecule has 0 spiro atoms. The normalized spacial score (nSPS) is 10.3. The van der Waals surface area contributed by atoms with Gasteiger partial charge in [-0.25, -0.2) is 0 Å². The van der Waals surface area contributed by atoms with Crippen molar-refractivity contribution in [2.24, 2.45) is 0 Å². The Morgan fingerprint density at radius 3 is 0.619 bits per heavy atom. The molecule has 0 aromatic carbocycles. The van der Waals surface area contributed by atoms with Crippen LogP contribution in [0.3, 0.4) is 0 Å². The second kappa shape index (κ2) is 46.2. The minimum atomic E-state index is -0.653. The van der Waals surface area contributed by atoms with Crippen molar-refractivity contribution in [2.45, 2.75) is 219 Å². The van der Waals surface area contributed by atoms with Crippen molar-refractivity contribution in [3.8, 4) is 0 Å². The molecule has 0 saturated carbocycles. The van der Waals surface area contributed by atoms with Crippen molar-refractivity contribution < 1.29 is 39.3 Å². The van der Waals surface area contributed by atoms with Crippen LogP contribution in [0.15, 0.2) is 0 Å². The van der Waals surface area contributed by atoms with Gasteiger partial charge < -0.3 is 10.2 Å². The Kier molecular flexibility index (Phi) is 54.7. The minimum Gasteiger partial charge on any atom is -0.481 e. The molecule has 0 amide bonds. The van der Waals surface area contributed by atoms with Gasteiger partial charge in [0.15, 0.2) is 0 Å². The maximum absolute atomic E-state index is 10.3. The Labute approximate surface area is 305 Å². The smallest absolute Gasteiger partial charge is 0.481 e. The second-order valence-electron chi connectivity index (χ2n) is 12.2. The van der Waals surface area contributed by atoms with Gasteiger partial charge in [0, 0.05) is 12.8 Å². The van der Waals surface area contributed by atoms with Crippen LogP contribution in [-0.2, 0) is 29.1 Å². The zero-order valence-electron chi connectivity index (χ0n) is 28.8. The fraction of sp³-hybridized carbons (Fsp3) is 0.944. The zero-order valence-corrected chi connectivity index (χ0v) is 33.9. The monoisotopic (exact) mass is 672 g/mol. The van der Waals surface area contributed by atoms with E-state index < -0.39 is 11.9 Å². The molecule has 0 fully saturated rings. The molecular weight excluding hydrogens is 602 g/mol. The zero-order chi connectivity index (χ0) is 29.8. The second-order valence-corrected chi connectivity index (χ2v) is 12.2. The summed E-state index contributed by atoms with van der Waals surface area (Å²) >= 11 is 0. The molecule has 0 rings (SSSR count). The van der Waals surface area contributed by atoms with Crippen LogP contribution in [0.2, 0.25) is 0 Å². The first kappa shape index (κ1) is 49.7. The molecule has 0 bridgehead atoms. The van der Waals surface area contributed by atoms with E-state index in [0.29, 0.717) is 12.8 Å². The van der Waals surface area contributed by atoms with Gasteiger partial charge in [-0.2, -0.15) is 0 Å². The summed E-state index contributed by atoms with van der Waals surface area (Å²) in [7, 11) is 0. The van der Waals surface area contributed by atoms with Crippen molar-refractivity contribution in [3.63, 3.8) is 0 Å². The van der Waals surface area contributed by atoms with Gasteiger partial charge in [0.1, 0.15) is 0 Å². The van der Waals surface area contributed by atoms with Gasteiger partial charge in [-0.05, 0) is 12.8 Å². The summed E-state index contributed by atoms with van der Waals surface area (Å²) in [5.74, 6) is -1.31. The van der Waals surface area contributed by atoms with Gasteiger partial charge in [0.25, 0.3) is 0 Å². The number of rotatable bonds is 32. The summed E-state index contributed by atoms with van der Waals surface area (Å²) in [4.78, 5) is 20.7. The van der Waals surface area contributed by atoms with Gasteiger partial charge in [-0.15, -0.1) is 0 Å². The van der Waals surface area contributed by atoms with E-state index in [-0.39, 0.29) is 57.2 Å². The van der Waals surface area contributed by atoms with E-state index in [1.165, 1.54) is 167 Å². The standard InChI is InChI=1S/2C18H36O2.Ca.Zn/c2*1-2-3-4-5-6-7-8-9-10-11-12-13-14-15-16-17-18(19)20;;/h2*2-17H2,1H3,(H,19,20);;/q;;2*+2. The fourth-order valence-electron chi connectivity index (χ4n) is 5.30. The molecule has 0 unspecified atom stereocenters. The SMILES string of the molecule is CCCCCCCCCCCCCCCCCC(=O)O.CCCCCCCCCCCCCCCCCC(=O)O.[Ca+2].[Zn+2]. The molecule has 0 saturated heterocycles. The minimum absolute atomic E-state index is 0. The summed E-state index contributed by atoms with van der Waals surface area (Å²) < 4.78 is 0. The number of carboxylic acid groups (broad SMARTS) is 2. The molecule has 0 aliphatic rings. The van der Waals surface area contributed by atoms with Crippen LogP contribution in [0.5, 0.6) is 0 Å². The molecule has 0 atom stereocenters. The van der Waals surface area contributed by atoms with Gasteiger partial charge in [0.2, 0.25) is 0 Å². The van der Waals surface area contributed by atoms with Crippen molar-refractivity contribution >= 4 is 49.7 Å². The molecule has 0 aliphatic carbocycles. The Morgan fingerprint density at radius 1 is 0.333 bits per heavy atom. The summed E-state index contributed by atoms with van der Waals surface area (Å²) in [6, 6.07) is 0. The molecule has 4 nitrogen and oxygen atoms in total. The molecule has 0 aliphatic heterocycles. The van der Waals surface area contributed by atoms with Crippen LogP contribution in [0.1, 0.15) is 219 Å². The maximum Gasteiger partial charge on any atom is 2.00 e. The van der Waals surface area contributed by atoms with E-state index in [1.54, 1.807) is 0 Å². The fourth-order valence-corrected chi connectivity index (χ4v) is 5.30. The topological polar surface area (TPSA) is 74.6 Å². The number of hydrogen-bond acceptors (Lipinski definition) is 2.